The lowest BCUT2D eigenvalue weighted by atomic mass is 10.2. The van der Waals surface area contributed by atoms with E-state index in [9.17, 15) is 8.42 Å². The summed E-state index contributed by atoms with van der Waals surface area (Å²) < 4.78 is 22.9. The molecule has 6 heteroatoms. The fraction of sp³-hybridized carbons (Fsp3) is 0.571. The minimum absolute atomic E-state index is 0.211. The van der Waals surface area contributed by atoms with Gasteiger partial charge in [0, 0.05) is 19.6 Å². The molecule has 2 rings (SSSR count). The first-order chi connectivity index (χ1) is 9.52. The predicted molar refractivity (Wildman–Crippen MR) is 84.3 cm³/mol. The van der Waals surface area contributed by atoms with Crippen LogP contribution in [0.4, 0.5) is 5.69 Å². The van der Waals surface area contributed by atoms with Crippen molar-refractivity contribution in [1.29, 1.82) is 0 Å². The molecule has 1 saturated heterocycles. The smallest absolute Gasteiger partial charge is 0.153 e. The summed E-state index contributed by atoms with van der Waals surface area (Å²) in [6, 6.07) is 6.00. The zero-order valence-electron chi connectivity index (χ0n) is 11.7. The molecule has 0 saturated carbocycles. The Hall–Kier alpha value is -0.780. The minimum atomic E-state index is -2.85. The molecule has 0 aromatic heterocycles. The van der Waals surface area contributed by atoms with E-state index in [0.29, 0.717) is 18.1 Å². The topological polar surface area (TPSA) is 49.4 Å². The standard InChI is InChI=1S/C14H21ClN2O2S/c1-2-5-16-11-12-3-4-14(13(15)10-12)17-6-8-20(18,19)9-7-17/h3-4,10,16H,2,5-9,11H2,1H3. The molecule has 20 heavy (non-hydrogen) atoms. The molecule has 0 atom stereocenters. The van der Waals surface area contributed by atoms with E-state index in [1.807, 2.05) is 23.1 Å². The van der Waals surface area contributed by atoms with Crippen molar-refractivity contribution >= 4 is 27.1 Å². The van der Waals surface area contributed by atoms with Crippen LogP contribution in [0, 0.1) is 0 Å². The summed E-state index contributed by atoms with van der Waals surface area (Å²) in [7, 11) is -2.85. The maximum atomic E-state index is 11.4. The minimum Gasteiger partial charge on any atom is -0.368 e. The van der Waals surface area contributed by atoms with Gasteiger partial charge in [0.05, 0.1) is 22.2 Å². The summed E-state index contributed by atoms with van der Waals surface area (Å²) in [4.78, 5) is 2.05. The summed E-state index contributed by atoms with van der Waals surface area (Å²) in [5.74, 6) is 0.423. The van der Waals surface area contributed by atoms with Crippen LogP contribution < -0.4 is 10.2 Å². The lowest BCUT2D eigenvalue weighted by Gasteiger charge is -2.29. The highest BCUT2D eigenvalue weighted by molar-refractivity contribution is 7.91. The number of nitrogens with one attached hydrogen (secondary N) is 1. The second kappa shape index (κ2) is 6.78. The molecule has 0 bridgehead atoms. The third-order valence-corrected chi connectivity index (χ3v) is 5.36. The van der Waals surface area contributed by atoms with E-state index < -0.39 is 9.84 Å². The summed E-state index contributed by atoms with van der Waals surface area (Å²) in [6.07, 6.45) is 1.11. The Morgan fingerprint density at radius 2 is 2.00 bits per heavy atom. The van der Waals surface area contributed by atoms with Crippen LogP contribution in [-0.2, 0) is 16.4 Å². The number of anilines is 1. The summed E-state index contributed by atoms with van der Waals surface area (Å²) in [5.41, 5.74) is 2.08. The number of benzene rings is 1. The van der Waals surface area contributed by atoms with Crippen LogP contribution in [0.1, 0.15) is 18.9 Å². The van der Waals surface area contributed by atoms with Crippen LogP contribution in [0.5, 0.6) is 0 Å². The molecule has 1 heterocycles. The van der Waals surface area contributed by atoms with Gasteiger partial charge in [-0.15, -0.1) is 0 Å². The molecule has 0 amide bonds. The van der Waals surface area contributed by atoms with Crippen molar-refractivity contribution < 1.29 is 8.42 Å². The first kappa shape index (κ1) is 15.6. The van der Waals surface area contributed by atoms with Crippen molar-refractivity contribution in [1.82, 2.24) is 5.32 Å². The van der Waals surface area contributed by atoms with Crippen LogP contribution in [-0.4, -0.2) is 39.6 Å². The molecule has 1 aromatic rings. The highest BCUT2D eigenvalue weighted by Gasteiger charge is 2.22. The van der Waals surface area contributed by atoms with Crippen molar-refractivity contribution in [2.75, 3.05) is 36.0 Å². The number of nitrogens with zero attached hydrogens (tertiary/aromatic N) is 1. The van der Waals surface area contributed by atoms with Gasteiger partial charge in [-0.1, -0.05) is 24.6 Å². The first-order valence-electron chi connectivity index (χ1n) is 6.96. The van der Waals surface area contributed by atoms with Gasteiger partial charge in [0.1, 0.15) is 0 Å². The molecule has 1 fully saturated rings. The van der Waals surface area contributed by atoms with Gasteiger partial charge in [0.15, 0.2) is 9.84 Å². The van der Waals surface area contributed by atoms with Gasteiger partial charge in [-0.3, -0.25) is 0 Å². The number of hydrogen-bond donors (Lipinski definition) is 1. The Kier molecular flexibility index (Phi) is 5.29. The Morgan fingerprint density at radius 3 is 2.60 bits per heavy atom. The molecule has 4 nitrogen and oxygen atoms in total. The Balaban J connectivity index is 2.03. The summed E-state index contributed by atoms with van der Waals surface area (Å²) in [6.45, 7) is 4.98. The molecule has 0 aliphatic carbocycles. The highest BCUT2D eigenvalue weighted by Crippen LogP contribution is 2.28. The molecule has 112 valence electrons. The van der Waals surface area contributed by atoms with Gasteiger partial charge in [-0.2, -0.15) is 0 Å². The van der Waals surface area contributed by atoms with Crippen LogP contribution in [0.2, 0.25) is 5.02 Å². The number of sulfone groups is 1. The van der Waals surface area contributed by atoms with Crippen LogP contribution in [0.25, 0.3) is 0 Å². The maximum Gasteiger partial charge on any atom is 0.153 e. The van der Waals surface area contributed by atoms with Crippen LogP contribution in [0.15, 0.2) is 18.2 Å². The maximum absolute atomic E-state index is 11.4. The van der Waals surface area contributed by atoms with Crippen LogP contribution in [0.3, 0.4) is 0 Å². The lowest BCUT2D eigenvalue weighted by Crippen LogP contribution is -2.40. The van der Waals surface area contributed by atoms with Gasteiger partial charge >= 0.3 is 0 Å². The monoisotopic (exact) mass is 316 g/mol. The fourth-order valence-corrected chi connectivity index (χ4v) is 3.80. The molecular formula is C14H21ClN2O2S. The Labute approximate surface area is 126 Å². The Morgan fingerprint density at radius 1 is 1.30 bits per heavy atom. The molecule has 0 radical (unpaired) electrons. The van der Waals surface area contributed by atoms with Crippen molar-refractivity contribution in [3.05, 3.63) is 28.8 Å². The van der Waals surface area contributed by atoms with Crippen molar-refractivity contribution in [3.63, 3.8) is 0 Å². The average molecular weight is 317 g/mol. The van der Waals surface area contributed by atoms with Crippen molar-refractivity contribution in [2.24, 2.45) is 0 Å². The van der Waals surface area contributed by atoms with E-state index in [-0.39, 0.29) is 11.5 Å². The predicted octanol–water partition coefficient (Wildman–Crippen LogP) is 2.07. The summed E-state index contributed by atoms with van der Waals surface area (Å²) >= 11 is 6.33. The van der Waals surface area contributed by atoms with Gasteiger partial charge in [0.2, 0.25) is 0 Å². The molecule has 1 aliphatic rings. The van der Waals surface area contributed by atoms with Gasteiger partial charge in [-0.05, 0) is 30.7 Å². The van der Waals surface area contributed by atoms with E-state index in [0.717, 1.165) is 30.8 Å². The second-order valence-electron chi connectivity index (χ2n) is 5.10. The lowest BCUT2D eigenvalue weighted by molar-refractivity contribution is 0.587. The third-order valence-electron chi connectivity index (χ3n) is 3.45. The van der Waals surface area contributed by atoms with Gasteiger partial charge in [0.25, 0.3) is 0 Å². The number of hydrogen-bond acceptors (Lipinski definition) is 4. The zero-order valence-corrected chi connectivity index (χ0v) is 13.3. The van der Waals surface area contributed by atoms with Gasteiger partial charge < -0.3 is 10.2 Å². The first-order valence-corrected chi connectivity index (χ1v) is 9.16. The molecule has 1 aliphatic heterocycles. The van der Waals surface area contributed by atoms with E-state index in [1.165, 1.54) is 0 Å². The molecular weight excluding hydrogens is 296 g/mol. The normalized spacial score (nSPS) is 18.2. The second-order valence-corrected chi connectivity index (χ2v) is 7.81. The fourth-order valence-electron chi connectivity index (χ4n) is 2.28. The Bertz CT molecular complexity index is 546. The molecule has 0 unspecified atom stereocenters. The molecule has 1 aromatic carbocycles. The number of halogens is 1. The van der Waals surface area contributed by atoms with E-state index in [2.05, 4.69) is 12.2 Å². The summed E-state index contributed by atoms with van der Waals surface area (Å²) in [5, 5.41) is 4.03. The van der Waals surface area contributed by atoms with Crippen LogP contribution >= 0.6 is 11.6 Å². The SMILES string of the molecule is CCCNCc1ccc(N2CCS(=O)(=O)CC2)c(Cl)c1. The van der Waals surface area contributed by atoms with E-state index in [1.54, 1.807) is 0 Å². The van der Waals surface area contributed by atoms with E-state index >= 15 is 0 Å². The number of rotatable bonds is 5. The van der Waals surface area contributed by atoms with E-state index in [4.69, 9.17) is 11.6 Å². The van der Waals surface area contributed by atoms with Crippen molar-refractivity contribution in [3.8, 4) is 0 Å². The molecule has 1 N–H and O–H groups in total. The largest absolute Gasteiger partial charge is 0.368 e. The van der Waals surface area contributed by atoms with Gasteiger partial charge in [-0.25, -0.2) is 8.42 Å². The quantitative estimate of drug-likeness (QED) is 0.845. The van der Waals surface area contributed by atoms with Crippen molar-refractivity contribution in [2.45, 2.75) is 19.9 Å². The zero-order chi connectivity index (χ0) is 14.6. The molecule has 0 spiro atoms. The average Bonchev–Trinajstić information content (AvgIpc) is 2.40. The highest BCUT2D eigenvalue weighted by atomic mass is 35.5. The third kappa shape index (κ3) is 4.11.